The van der Waals surface area contributed by atoms with Crippen LogP contribution < -0.4 is 11.1 Å². The summed E-state index contributed by atoms with van der Waals surface area (Å²) in [5, 5.41) is 2.74. The van der Waals surface area contributed by atoms with E-state index < -0.39 is 0 Å². The monoisotopic (exact) mass is 246 g/mol. The molecule has 0 aliphatic carbocycles. The van der Waals surface area contributed by atoms with Crippen LogP contribution in [-0.2, 0) is 11.3 Å². The molecular weight excluding hydrogens is 228 g/mol. The molecule has 96 valence electrons. The molecule has 2 aromatic rings. The number of carbonyl (C=O) groups excluding carboxylic acids is 1. The first-order valence-corrected chi connectivity index (χ1v) is 6.05. The molecule has 0 radical (unpaired) electrons. The highest BCUT2D eigenvalue weighted by atomic mass is 16.1. The van der Waals surface area contributed by atoms with Gasteiger partial charge in [0.05, 0.1) is 17.6 Å². The van der Waals surface area contributed by atoms with Crippen molar-refractivity contribution in [2.75, 3.05) is 6.54 Å². The van der Waals surface area contributed by atoms with Gasteiger partial charge < -0.3 is 16.0 Å². The number of hydrogen-bond acceptors (Lipinski definition) is 3. The Hall–Kier alpha value is -1.88. The van der Waals surface area contributed by atoms with Gasteiger partial charge in [0, 0.05) is 12.5 Å². The van der Waals surface area contributed by atoms with Crippen LogP contribution >= 0.6 is 0 Å². The minimum atomic E-state index is -0.150. The maximum atomic E-state index is 11.1. The van der Waals surface area contributed by atoms with Crippen LogP contribution in [0.4, 0.5) is 0 Å². The Balaban J connectivity index is 2.19. The number of aromatic amines is 1. The van der Waals surface area contributed by atoms with E-state index in [0.29, 0.717) is 12.5 Å². The molecule has 0 atom stereocenters. The third kappa shape index (κ3) is 2.68. The van der Waals surface area contributed by atoms with E-state index in [2.05, 4.69) is 29.1 Å². The lowest BCUT2D eigenvalue weighted by molar-refractivity contribution is -0.119. The smallest absolute Gasteiger partial charge is 0.234 e. The Labute approximate surface area is 106 Å². The number of nitrogens with one attached hydrogen (secondary N) is 2. The van der Waals surface area contributed by atoms with Gasteiger partial charge in [-0.15, -0.1) is 0 Å². The predicted molar refractivity (Wildman–Crippen MR) is 71.1 cm³/mol. The SMILES string of the molecule is CC(C)c1nc2ccc(CNC(=O)CN)cc2[nH]1. The molecule has 1 aromatic heterocycles. The van der Waals surface area contributed by atoms with Gasteiger partial charge in [-0.1, -0.05) is 19.9 Å². The molecule has 0 aliphatic heterocycles. The number of carbonyl (C=O) groups is 1. The van der Waals surface area contributed by atoms with E-state index in [9.17, 15) is 4.79 Å². The summed E-state index contributed by atoms with van der Waals surface area (Å²) in [5.74, 6) is 1.20. The first-order chi connectivity index (χ1) is 8.60. The molecule has 0 saturated heterocycles. The van der Waals surface area contributed by atoms with E-state index in [0.717, 1.165) is 22.4 Å². The normalized spacial score (nSPS) is 11.1. The van der Waals surface area contributed by atoms with E-state index in [1.807, 2.05) is 18.2 Å². The van der Waals surface area contributed by atoms with Crippen LogP contribution in [0.25, 0.3) is 11.0 Å². The third-order valence-electron chi connectivity index (χ3n) is 2.79. The molecule has 18 heavy (non-hydrogen) atoms. The quantitative estimate of drug-likeness (QED) is 0.759. The maximum absolute atomic E-state index is 11.1. The predicted octanol–water partition coefficient (Wildman–Crippen LogP) is 1.26. The highest BCUT2D eigenvalue weighted by Gasteiger charge is 2.07. The Morgan fingerprint density at radius 2 is 2.28 bits per heavy atom. The van der Waals surface area contributed by atoms with Crippen LogP contribution in [0.1, 0.15) is 31.2 Å². The summed E-state index contributed by atoms with van der Waals surface area (Å²) in [4.78, 5) is 18.9. The molecular formula is C13H18N4O. The Morgan fingerprint density at radius 3 is 2.94 bits per heavy atom. The maximum Gasteiger partial charge on any atom is 0.234 e. The number of aromatic nitrogens is 2. The number of rotatable bonds is 4. The van der Waals surface area contributed by atoms with E-state index in [-0.39, 0.29) is 12.5 Å². The van der Waals surface area contributed by atoms with Crippen LogP contribution in [0.15, 0.2) is 18.2 Å². The first-order valence-electron chi connectivity index (χ1n) is 6.05. The van der Waals surface area contributed by atoms with Gasteiger partial charge in [0.15, 0.2) is 0 Å². The van der Waals surface area contributed by atoms with Gasteiger partial charge in [-0.05, 0) is 17.7 Å². The molecule has 0 unspecified atom stereocenters. The average Bonchev–Trinajstić information content (AvgIpc) is 2.79. The van der Waals surface area contributed by atoms with Crippen LogP contribution in [0.2, 0.25) is 0 Å². The number of fused-ring (bicyclic) bond motifs is 1. The lowest BCUT2D eigenvalue weighted by atomic mass is 10.2. The topological polar surface area (TPSA) is 83.8 Å². The zero-order valence-corrected chi connectivity index (χ0v) is 10.7. The van der Waals surface area contributed by atoms with Gasteiger partial charge >= 0.3 is 0 Å². The summed E-state index contributed by atoms with van der Waals surface area (Å²) in [6.45, 7) is 4.70. The van der Waals surface area contributed by atoms with Crippen LogP contribution in [0.3, 0.4) is 0 Å². The van der Waals surface area contributed by atoms with Crippen molar-refractivity contribution in [3.8, 4) is 0 Å². The van der Waals surface area contributed by atoms with Gasteiger partial charge in [-0.2, -0.15) is 0 Å². The molecule has 2 rings (SSSR count). The third-order valence-corrected chi connectivity index (χ3v) is 2.79. The first kappa shape index (κ1) is 12.6. The summed E-state index contributed by atoms with van der Waals surface area (Å²) < 4.78 is 0. The van der Waals surface area contributed by atoms with E-state index in [1.165, 1.54) is 0 Å². The van der Waals surface area contributed by atoms with E-state index in [4.69, 9.17) is 5.73 Å². The van der Waals surface area contributed by atoms with Crippen LogP contribution in [-0.4, -0.2) is 22.4 Å². The number of nitrogens with zero attached hydrogens (tertiary/aromatic N) is 1. The fourth-order valence-corrected chi connectivity index (χ4v) is 1.73. The standard InChI is InChI=1S/C13H18N4O/c1-8(2)13-16-10-4-3-9(5-11(10)17-13)7-15-12(18)6-14/h3-5,8H,6-7,14H2,1-2H3,(H,15,18)(H,16,17). The molecule has 5 heteroatoms. The number of hydrogen-bond donors (Lipinski definition) is 3. The van der Waals surface area contributed by atoms with E-state index in [1.54, 1.807) is 0 Å². The van der Waals surface area contributed by atoms with Crippen LogP contribution in [0.5, 0.6) is 0 Å². The fraction of sp³-hybridized carbons (Fsp3) is 0.385. The number of amides is 1. The van der Waals surface area contributed by atoms with Gasteiger partial charge in [-0.25, -0.2) is 4.98 Å². The zero-order valence-electron chi connectivity index (χ0n) is 10.7. The van der Waals surface area contributed by atoms with Crippen molar-refractivity contribution in [1.29, 1.82) is 0 Å². The van der Waals surface area contributed by atoms with Crippen molar-refractivity contribution in [1.82, 2.24) is 15.3 Å². The van der Waals surface area contributed by atoms with Gasteiger partial charge in [0.2, 0.25) is 5.91 Å². The second-order valence-corrected chi connectivity index (χ2v) is 4.61. The zero-order chi connectivity index (χ0) is 13.1. The van der Waals surface area contributed by atoms with Crippen molar-refractivity contribution in [2.24, 2.45) is 5.73 Å². The lowest BCUT2D eigenvalue weighted by Gasteiger charge is -2.03. The number of nitrogens with two attached hydrogens (primary N) is 1. The molecule has 0 fully saturated rings. The number of H-pyrrole nitrogens is 1. The van der Waals surface area contributed by atoms with Crippen molar-refractivity contribution in [2.45, 2.75) is 26.3 Å². The molecule has 1 amide bonds. The Kier molecular flexibility index (Phi) is 3.62. The van der Waals surface area contributed by atoms with Gasteiger partial charge in [-0.3, -0.25) is 4.79 Å². The van der Waals surface area contributed by atoms with Crippen molar-refractivity contribution < 1.29 is 4.79 Å². The van der Waals surface area contributed by atoms with E-state index >= 15 is 0 Å². The second kappa shape index (κ2) is 5.18. The Bertz CT molecular complexity index is 559. The molecule has 4 N–H and O–H groups in total. The summed E-state index contributed by atoms with van der Waals surface area (Å²) in [6, 6.07) is 5.93. The summed E-state index contributed by atoms with van der Waals surface area (Å²) in [5.41, 5.74) is 8.22. The molecule has 0 saturated carbocycles. The average molecular weight is 246 g/mol. The molecule has 1 aromatic carbocycles. The number of imidazole rings is 1. The summed E-state index contributed by atoms with van der Waals surface area (Å²) in [7, 11) is 0. The highest BCUT2D eigenvalue weighted by Crippen LogP contribution is 2.18. The molecule has 1 heterocycles. The molecule has 0 bridgehead atoms. The van der Waals surface area contributed by atoms with Crippen molar-refractivity contribution in [3.63, 3.8) is 0 Å². The largest absolute Gasteiger partial charge is 0.351 e. The Morgan fingerprint density at radius 1 is 1.50 bits per heavy atom. The summed E-state index contributed by atoms with van der Waals surface area (Å²) >= 11 is 0. The second-order valence-electron chi connectivity index (χ2n) is 4.61. The van der Waals surface area contributed by atoms with Crippen molar-refractivity contribution in [3.05, 3.63) is 29.6 Å². The van der Waals surface area contributed by atoms with Crippen LogP contribution in [0, 0.1) is 0 Å². The summed E-state index contributed by atoms with van der Waals surface area (Å²) in [6.07, 6.45) is 0. The minimum absolute atomic E-state index is 0.0177. The molecule has 0 aliphatic rings. The lowest BCUT2D eigenvalue weighted by Crippen LogP contribution is -2.29. The fourth-order valence-electron chi connectivity index (χ4n) is 1.73. The van der Waals surface area contributed by atoms with Crippen molar-refractivity contribution >= 4 is 16.9 Å². The minimum Gasteiger partial charge on any atom is -0.351 e. The van der Waals surface area contributed by atoms with Gasteiger partial charge in [0.25, 0.3) is 0 Å². The molecule has 0 spiro atoms. The number of benzene rings is 1. The van der Waals surface area contributed by atoms with Gasteiger partial charge in [0.1, 0.15) is 5.82 Å². The molecule has 5 nitrogen and oxygen atoms in total. The highest BCUT2D eigenvalue weighted by molar-refractivity contribution is 5.78.